The summed E-state index contributed by atoms with van der Waals surface area (Å²) in [4.78, 5) is 42.7. The molecule has 0 saturated carbocycles. The molecule has 0 radical (unpaired) electrons. The van der Waals surface area contributed by atoms with Crippen LogP contribution in [0.25, 0.3) is 10.9 Å². The van der Waals surface area contributed by atoms with E-state index in [1.165, 1.54) is 0 Å². The number of carbonyl (C=O) groups is 2. The summed E-state index contributed by atoms with van der Waals surface area (Å²) in [5.74, 6) is 0.280. The minimum absolute atomic E-state index is 0.0143. The Hall–Kier alpha value is -3.68. The van der Waals surface area contributed by atoms with Crippen molar-refractivity contribution in [1.29, 1.82) is 0 Å². The van der Waals surface area contributed by atoms with Gasteiger partial charge in [-0.05, 0) is 36.2 Å². The number of esters is 1. The summed E-state index contributed by atoms with van der Waals surface area (Å²) < 4.78 is 10.1. The van der Waals surface area contributed by atoms with Crippen molar-refractivity contribution < 1.29 is 19.1 Å². The number of H-pyrrole nitrogens is 1. The molecule has 0 bridgehead atoms. The van der Waals surface area contributed by atoms with Gasteiger partial charge in [-0.15, -0.1) is 0 Å². The van der Waals surface area contributed by atoms with Gasteiger partial charge in [-0.1, -0.05) is 24.3 Å². The SMILES string of the molecule is COc1ccc(CCNC(=O)COC(=O)CCc2nc3ccccc3c(=O)[nH]2)cc1. The first kappa shape index (κ1) is 21.0. The van der Waals surface area contributed by atoms with Gasteiger partial charge in [0, 0.05) is 13.0 Å². The largest absolute Gasteiger partial charge is 0.497 e. The van der Waals surface area contributed by atoms with Gasteiger partial charge in [-0.25, -0.2) is 4.98 Å². The number of hydrogen-bond donors (Lipinski definition) is 2. The van der Waals surface area contributed by atoms with Crippen LogP contribution in [0.4, 0.5) is 0 Å². The van der Waals surface area contributed by atoms with E-state index >= 15 is 0 Å². The van der Waals surface area contributed by atoms with Crippen LogP contribution in [-0.2, 0) is 27.2 Å². The number of rotatable bonds is 9. The first-order chi connectivity index (χ1) is 14.5. The fourth-order valence-electron chi connectivity index (χ4n) is 2.88. The Labute approximate surface area is 173 Å². The van der Waals surface area contributed by atoms with Crippen LogP contribution in [0.1, 0.15) is 17.8 Å². The number of methoxy groups -OCH3 is 1. The number of aromatic nitrogens is 2. The molecule has 8 nitrogen and oxygen atoms in total. The molecule has 0 aliphatic heterocycles. The van der Waals surface area contributed by atoms with Crippen LogP contribution in [0.15, 0.2) is 53.3 Å². The van der Waals surface area contributed by atoms with Gasteiger partial charge in [0.1, 0.15) is 11.6 Å². The van der Waals surface area contributed by atoms with Gasteiger partial charge in [-0.2, -0.15) is 0 Å². The lowest BCUT2D eigenvalue weighted by Gasteiger charge is -2.07. The Balaban J connectivity index is 1.38. The zero-order chi connectivity index (χ0) is 21.3. The molecular formula is C22H23N3O5. The van der Waals surface area contributed by atoms with Crippen molar-refractivity contribution >= 4 is 22.8 Å². The Bertz CT molecular complexity index is 1080. The molecule has 156 valence electrons. The number of carbonyl (C=O) groups excluding carboxylic acids is 2. The minimum Gasteiger partial charge on any atom is -0.497 e. The van der Waals surface area contributed by atoms with Crippen LogP contribution in [0.5, 0.6) is 5.75 Å². The van der Waals surface area contributed by atoms with Crippen molar-refractivity contribution in [1.82, 2.24) is 15.3 Å². The van der Waals surface area contributed by atoms with E-state index in [1.54, 1.807) is 31.4 Å². The van der Waals surface area contributed by atoms with Crippen LogP contribution in [0, 0.1) is 0 Å². The van der Waals surface area contributed by atoms with E-state index in [1.807, 2.05) is 24.3 Å². The van der Waals surface area contributed by atoms with Gasteiger partial charge in [0.2, 0.25) is 0 Å². The van der Waals surface area contributed by atoms with Crippen LogP contribution >= 0.6 is 0 Å². The number of hydrogen-bond acceptors (Lipinski definition) is 6. The van der Waals surface area contributed by atoms with E-state index < -0.39 is 5.97 Å². The van der Waals surface area contributed by atoms with E-state index in [9.17, 15) is 14.4 Å². The number of fused-ring (bicyclic) bond motifs is 1. The normalized spacial score (nSPS) is 10.6. The predicted octanol–water partition coefficient (Wildman–Crippen LogP) is 1.77. The summed E-state index contributed by atoms with van der Waals surface area (Å²) in [6, 6.07) is 14.5. The standard InChI is InChI=1S/C22H23N3O5/c1-29-16-8-6-15(7-9-16)12-13-23-20(26)14-30-21(27)11-10-19-24-18-5-3-2-4-17(18)22(28)25-19/h2-9H,10-14H2,1H3,(H,23,26)(H,24,25,28). The summed E-state index contributed by atoms with van der Waals surface area (Å²) in [7, 11) is 1.61. The van der Waals surface area contributed by atoms with E-state index in [0.717, 1.165) is 11.3 Å². The van der Waals surface area contributed by atoms with Gasteiger partial charge in [0.15, 0.2) is 6.61 Å². The molecule has 8 heteroatoms. The quantitative estimate of drug-likeness (QED) is 0.521. The second-order valence-electron chi connectivity index (χ2n) is 6.64. The van der Waals surface area contributed by atoms with E-state index in [2.05, 4.69) is 15.3 Å². The number of aromatic amines is 1. The Morgan fingerprint density at radius 1 is 1.07 bits per heavy atom. The van der Waals surface area contributed by atoms with Crippen LogP contribution < -0.4 is 15.6 Å². The molecule has 3 rings (SSSR count). The Kier molecular flexibility index (Phi) is 7.15. The van der Waals surface area contributed by atoms with Crippen LogP contribution in [0.2, 0.25) is 0 Å². The number of benzene rings is 2. The molecule has 1 amide bonds. The Morgan fingerprint density at radius 2 is 1.83 bits per heavy atom. The average Bonchev–Trinajstić information content (AvgIpc) is 2.77. The number of para-hydroxylation sites is 1. The van der Waals surface area contributed by atoms with E-state index in [0.29, 0.717) is 29.7 Å². The number of nitrogens with zero attached hydrogens (tertiary/aromatic N) is 1. The lowest BCUT2D eigenvalue weighted by atomic mass is 10.1. The van der Waals surface area contributed by atoms with Crippen molar-refractivity contribution in [3.05, 3.63) is 70.3 Å². The molecule has 0 aliphatic carbocycles. The number of amides is 1. The molecule has 2 aromatic carbocycles. The number of aryl methyl sites for hydroxylation is 1. The third kappa shape index (κ3) is 5.91. The molecule has 2 N–H and O–H groups in total. The molecule has 0 fully saturated rings. The van der Waals surface area contributed by atoms with Crippen LogP contribution in [0.3, 0.4) is 0 Å². The molecular weight excluding hydrogens is 386 g/mol. The monoisotopic (exact) mass is 409 g/mol. The summed E-state index contributed by atoms with van der Waals surface area (Å²) in [5.41, 5.74) is 1.38. The zero-order valence-corrected chi connectivity index (χ0v) is 16.6. The third-order valence-corrected chi connectivity index (χ3v) is 4.49. The van der Waals surface area contributed by atoms with E-state index in [4.69, 9.17) is 9.47 Å². The minimum atomic E-state index is -0.531. The molecule has 0 spiro atoms. The average molecular weight is 409 g/mol. The zero-order valence-electron chi connectivity index (χ0n) is 16.6. The third-order valence-electron chi connectivity index (χ3n) is 4.49. The first-order valence-corrected chi connectivity index (χ1v) is 9.58. The fourth-order valence-corrected chi connectivity index (χ4v) is 2.88. The number of ether oxygens (including phenoxy) is 2. The van der Waals surface area contributed by atoms with Crippen molar-refractivity contribution in [2.45, 2.75) is 19.3 Å². The molecule has 1 aromatic heterocycles. The first-order valence-electron chi connectivity index (χ1n) is 9.58. The number of nitrogens with one attached hydrogen (secondary N) is 2. The molecule has 0 atom stereocenters. The lowest BCUT2D eigenvalue weighted by molar-refractivity contribution is -0.148. The fraction of sp³-hybridized carbons (Fsp3) is 0.273. The summed E-state index contributed by atoms with van der Waals surface area (Å²) in [6.07, 6.45) is 0.892. The maximum atomic E-state index is 12.0. The topological polar surface area (TPSA) is 110 Å². The van der Waals surface area contributed by atoms with Gasteiger partial charge >= 0.3 is 5.97 Å². The van der Waals surface area contributed by atoms with E-state index in [-0.39, 0.29) is 30.9 Å². The van der Waals surface area contributed by atoms with Crippen molar-refractivity contribution in [3.8, 4) is 5.75 Å². The summed E-state index contributed by atoms with van der Waals surface area (Å²) in [6.45, 7) is 0.0913. The lowest BCUT2D eigenvalue weighted by Crippen LogP contribution is -2.30. The molecule has 30 heavy (non-hydrogen) atoms. The molecule has 0 aliphatic rings. The second kappa shape index (κ2) is 10.2. The van der Waals surface area contributed by atoms with Gasteiger partial charge in [0.25, 0.3) is 11.5 Å². The van der Waals surface area contributed by atoms with Crippen molar-refractivity contribution in [3.63, 3.8) is 0 Å². The smallest absolute Gasteiger partial charge is 0.306 e. The van der Waals surface area contributed by atoms with Gasteiger partial charge in [-0.3, -0.25) is 14.4 Å². The molecule has 3 aromatic rings. The Morgan fingerprint density at radius 3 is 2.60 bits per heavy atom. The summed E-state index contributed by atoms with van der Waals surface area (Å²) in [5, 5.41) is 3.20. The highest BCUT2D eigenvalue weighted by atomic mass is 16.5. The molecule has 0 unspecified atom stereocenters. The predicted molar refractivity (Wildman–Crippen MR) is 111 cm³/mol. The molecule has 0 saturated heterocycles. The van der Waals surface area contributed by atoms with Crippen molar-refractivity contribution in [2.24, 2.45) is 0 Å². The van der Waals surface area contributed by atoms with Gasteiger partial charge < -0.3 is 19.8 Å². The highest BCUT2D eigenvalue weighted by Gasteiger charge is 2.10. The highest BCUT2D eigenvalue weighted by molar-refractivity contribution is 5.80. The highest BCUT2D eigenvalue weighted by Crippen LogP contribution is 2.11. The summed E-state index contributed by atoms with van der Waals surface area (Å²) >= 11 is 0. The maximum absolute atomic E-state index is 12.0. The van der Waals surface area contributed by atoms with Crippen molar-refractivity contribution in [2.75, 3.05) is 20.3 Å². The van der Waals surface area contributed by atoms with Crippen LogP contribution in [-0.4, -0.2) is 42.1 Å². The van der Waals surface area contributed by atoms with Gasteiger partial charge in [0.05, 0.1) is 24.4 Å². The molecule has 1 heterocycles. The maximum Gasteiger partial charge on any atom is 0.306 e. The second-order valence-corrected chi connectivity index (χ2v) is 6.64.